The van der Waals surface area contributed by atoms with Gasteiger partial charge in [-0.15, -0.1) is 0 Å². The Morgan fingerprint density at radius 1 is 1.11 bits per heavy atom. The quantitative estimate of drug-likeness (QED) is 0.712. The van der Waals surface area contributed by atoms with Gasteiger partial charge in [0.25, 0.3) is 0 Å². The van der Waals surface area contributed by atoms with E-state index >= 15 is 0 Å². The molecule has 0 bridgehead atoms. The number of aromatic nitrogens is 3. The molecule has 2 aromatic heterocycles. The van der Waals surface area contributed by atoms with Crippen LogP contribution < -0.4 is 9.80 Å². The number of benzene rings is 1. The molecule has 5 heteroatoms. The van der Waals surface area contributed by atoms with E-state index in [2.05, 4.69) is 69.5 Å². The third kappa shape index (κ3) is 3.54. The maximum Gasteiger partial charge on any atom is 0.165 e. The standard InChI is InChI=1S/C23H29N5/c1-16(2)15-26-10-12-27(13-11-26)21-14-18(4)24-23-22(19(5)25-28(21)23)20-8-6-17(3)7-9-20/h6-9,14H,1,10-13,15H2,2-5H3/p+1. The Morgan fingerprint density at radius 3 is 2.43 bits per heavy atom. The highest BCUT2D eigenvalue weighted by molar-refractivity contribution is 5.81. The van der Waals surface area contributed by atoms with Crippen molar-refractivity contribution in [1.82, 2.24) is 14.6 Å². The minimum Gasteiger partial charge on any atom is -0.345 e. The van der Waals surface area contributed by atoms with Crippen molar-refractivity contribution in [2.45, 2.75) is 27.7 Å². The molecule has 3 heterocycles. The van der Waals surface area contributed by atoms with Crippen LogP contribution in [-0.4, -0.2) is 47.3 Å². The summed E-state index contributed by atoms with van der Waals surface area (Å²) in [5.74, 6) is 1.15. The summed E-state index contributed by atoms with van der Waals surface area (Å²) >= 11 is 0. The number of piperazine rings is 1. The molecule has 0 spiro atoms. The van der Waals surface area contributed by atoms with E-state index in [0.29, 0.717) is 0 Å². The molecule has 28 heavy (non-hydrogen) atoms. The lowest BCUT2D eigenvalue weighted by Gasteiger charge is -2.33. The highest BCUT2D eigenvalue weighted by Crippen LogP contribution is 2.30. The van der Waals surface area contributed by atoms with E-state index < -0.39 is 0 Å². The molecule has 3 aromatic rings. The van der Waals surface area contributed by atoms with Crippen LogP contribution in [0.25, 0.3) is 16.8 Å². The number of anilines is 1. The zero-order chi connectivity index (χ0) is 19.8. The van der Waals surface area contributed by atoms with Gasteiger partial charge in [-0.05, 0) is 38.8 Å². The van der Waals surface area contributed by atoms with Gasteiger partial charge in [-0.2, -0.15) is 9.61 Å². The van der Waals surface area contributed by atoms with Crippen molar-refractivity contribution in [2.75, 3.05) is 37.6 Å². The first-order valence-electron chi connectivity index (χ1n) is 10.1. The summed E-state index contributed by atoms with van der Waals surface area (Å²) in [6.07, 6.45) is 0. The first-order valence-corrected chi connectivity index (χ1v) is 10.1. The molecular weight excluding hydrogens is 346 g/mol. The number of hydrogen-bond acceptors (Lipinski definition) is 3. The second-order valence-corrected chi connectivity index (χ2v) is 8.19. The maximum absolute atomic E-state index is 4.89. The Bertz CT molecular complexity index is 1010. The van der Waals surface area contributed by atoms with E-state index in [0.717, 1.165) is 61.1 Å². The minimum atomic E-state index is 0.952. The molecular formula is C23H30N5+. The fourth-order valence-corrected chi connectivity index (χ4v) is 4.16. The highest BCUT2D eigenvalue weighted by atomic mass is 15.4. The molecule has 1 aliphatic heterocycles. The predicted octanol–water partition coefficient (Wildman–Crippen LogP) is 2.60. The normalized spacial score (nSPS) is 15.4. The lowest BCUT2D eigenvalue weighted by molar-refractivity contribution is -0.895. The van der Waals surface area contributed by atoms with Gasteiger partial charge in [-0.1, -0.05) is 36.4 Å². The van der Waals surface area contributed by atoms with Crippen LogP contribution in [0.1, 0.15) is 23.9 Å². The molecule has 0 atom stereocenters. The van der Waals surface area contributed by atoms with Crippen LogP contribution in [0.2, 0.25) is 0 Å². The van der Waals surface area contributed by atoms with Gasteiger partial charge in [0.05, 0.1) is 38.4 Å². The second kappa shape index (κ2) is 7.40. The minimum absolute atomic E-state index is 0.952. The van der Waals surface area contributed by atoms with Crippen molar-refractivity contribution in [3.8, 4) is 11.1 Å². The molecule has 0 aliphatic carbocycles. The Hall–Kier alpha value is -2.66. The van der Waals surface area contributed by atoms with E-state index in [1.807, 2.05) is 4.52 Å². The Balaban J connectivity index is 1.72. The molecule has 5 nitrogen and oxygen atoms in total. The van der Waals surface area contributed by atoms with Crippen molar-refractivity contribution in [2.24, 2.45) is 0 Å². The van der Waals surface area contributed by atoms with Crippen LogP contribution in [0.3, 0.4) is 0 Å². The SMILES string of the molecule is C=C(C)C[NH+]1CCN(c2cc(C)nc3c(-c4ccc(C)cc4)c(C)nn23)CC1. The van der Waals surface area contributed by atoms with Crippen LogP contribution in [-0.2, 0) is 0 Å². The van der Waals surface area contributed by atoms with Crippen molar-refractivity contribution < 1.29 is 4.90 Å². The van der Waals surface area contributed by atoms with Gasteiger partial charge in [0.1, 0.15) is 5.82 Å². The number of aryl methyl sites for hydroxylation is 3. The van der Waals surface area contributed by atoms with E-state index in [4.69, 9.17) is 10.1 Å². The number of nitrogens with one attached hydrogen (secondary N) is 1. The number of fused-ring (bicyclic) bond motifs is 1. The third-order valence-corrected chi connectivity index (χ3v) is 5.56. The third-order valence-electron chi connectivity index (χ3n) is 5.56. The van der Waals surface area contributed by atoms with Gasteiger partial charge < -0.3 is 9.80 Å². The second-order valence-electron chi connectivity index (χ2n) is 8.19. The van der Waals surface area contributed by atoms with E-state index in [1.54, 1.807) is 4.90 Å². The molecule has 1 aliphatic rings. The molecule has 1 fully saturated rings. The van der Waals surface area contributed by atoms with Crippen LogP contribution in [0.5, 0.6) is 0 Å². The van der Waals surface area contributed by atoms with Crippen molar-refractivity contribution in [3.63, 3.8) is 0 Å². The Kier molecular flexibility index (Phi) is 4.94. The van der Waals surface area contributed by atoms with Crippen molar-refractivity contribution in [1.29, 1.82) is 0 Å². The first kappa shape index (κ1) is 18.7. The van der Waals surface area contributed by atoms with Crippen molar-refractivity contribution in [3.05, 3.63) is 59.4 Å². The van der Waals surface area contributed by atoms with Gasteiger partial charge >= 0.3 is 0 Å². The highest BCUT2D eigenvalue weighted by Gasteiger charge is 2.24. The number of quaternary nitrogens is 1. The maximum atomic E-state index is 4.89. The number of nitrogens with zero attached hydrogens (tertiary/aromatic N) is 4. The summed E-state index contributed by atoms with van der Waals surface area (Å²) in [4.78, 5) is 8.93. The molecule has 0 radical (unpaired) electrons. The largest absolute Gasteiger partial charge is 0.345 e. The molecule has 146 valence electrons. The van der Waals surface area contributed by atoms with E-state index in [-0.39, 0.29) is 0 Å². The molecule has 1 aromatic carbocycles. The number of hydrogen-bond donors (Lipinski definition) is 1. The molecule has 1 N–H and O–H groups in total. The molecule has 0 unspecified atom stereocenters. The average molecular weight is 377 g/mol. The van der Waals surface area contributed by atoms with Gasteiger partial charge in [-0.3, -0.25) is 0 Å². The predicted molar refractivity (Wildman–Crippen MR) is 115 cm³/mol. The van der Waals surface area contributed by atoms with Crippen LogP contribution >= 0.6 is 0 Å². The Labute approximate surface area is 167 Å². The molecule has 0 amide bonds. The van der Waals surface area contributed by atoms with Gasteiger partial charge in [0, 0.05) is 17.3 Å². The fraction of sp³-hybridized carbons (Fsp3) is 0.391. The summed E-state index contributed by atoms with van der Waals surface area (Å²) in [7, 11) is 0. The summed E-state index contributed by atoms with van der Waals surface area (Å²) < 4.78 is 2.04. The van der Waals surface area contributed by atoms with E-state index in [9.17, 15) is 0 Å². The van der Waals surface area contributed by atoms with Crippen LogP contribution in [0.4, 0.5) is 5.82 Å². The summed E-state index contributed by atoms with van der Waals surface area (Å²) in [6.45, 7) is 17.8. The van der Waals surface area contributed by atoms with Crippen LogP contribution in [0.15, 0.2) is 42.5 Å². The Morgan fingerprint density at radius 2 is 1.79 bits per heavy atom. The summed E-state index contributed by atoms with van der Waals surface area (Å²) in [5.41, 5.74) is 7.85. The van der Waals surface area contributed by atoms with Gasteiger partial charge in [0.2, 0.25) is 0 Å². The fourth-order valence-electron chi connectivity index (χ4n) is 4.16. The molecule has 0 saturated carbocycles. The zero-order valence-electron chi connectivity index (χ0n) is 17.4. The average Bonchev–Trinajstić information content (AvgIpc) is 2.98. The smallest absolute Gasteiger partial charge is 0.165 e. The van der Waals surface area contributed by atoms with E-state index in [1.165, 1.54) is 16.7 Å². The molecule has 4 rings (SSSR count). The summed E-state index contributed by atoms with van der Waals surface area (Å²) in [5, 5.41) is 4.89. The lowest BCUT2D eigenvalue weighted by atomic mass is 10.0. The monoisotopic (exact) mass is 376 g/mol. The number of rotatable bonds is 4. The van der Waals surface area contributed by atoms with Crippen molar-refractivity contribution >= 4 is 11.5 Å². The van der Waals surface area contributed by atoms with Gasteiger partial charge in [0.15, 0.2) is 5.65 Å². The molecule has 1 saturated heterocycles. The first-order chi connectivity index (χ1) is 13.4. The lowest BCUT2D eigenvalue weighted by Crippen LogP contribution is -3.15. The topological polar surface area (TPSA) is 37.9 Å². The van der Waals surface area contributed by atoms with Crippen LogP contribution in [0, 0.1) is 20.8 Å². The zero-order valence-corrected chi connectivity index (χ0v) is 17.4. The summed E-state index contributed by atoms with van der Waals surface area (Å²) in [6, 6.07) is 10.8. The van der Waals surface area contributed by atoms with Gasteiger partial charge in [-0.25, -0.2) is 4.98 Å².